The summed E-state index contributed by atoms with van der Waals surface area (Å²) in [6.07, 6.45) is 9.63. The molecule has 3 atom stereocenters. The second-order valence-electron chi connectivity index (χ2n) is 7.34. The summed E-state index contributed by atoms with van der Waals surface area (Å²) in [7, 11) is 0. The molecule has 122 valence electrons. The van der Waals surface area contributed by atoms with Crippen LogP contribution in [0.1, 0.15) is 72.1 Å². The predicted octanol–water partition coefficient (Wildman–Crippen LogP) is 2.42. The molecular weight excluding hydrogens is 262 g/mol. The molecule has 1 saturated heterocycles. The van der Waals surface area contributed by atoms with Gasteiger partial charge in [0.2, 0.25) is 5.91 Å². The molecule has 21 heavy (non-hydrogen) atoms. The van der Waals surface area contributed by atoms with Gasteiger partial charge in [-0.3, -0.25) is 9.69 Å². The van der Waals surface area contributed by atoms with Gasteiger partial charge in [0.05, 0.1) is 5.54 Å². The SMILES string of the molecule is CCCC1CCCCN1C(C)CC(C)(NC1CC1)C(N)=O. The summed E-state index contributed by atoms with van der Waals surface area (Å²) in [4.78, 5) is 14.6. The Kier molecular flexibility index (Phi) is 5.67. The smallest absolute Gasteiger partial charge is 0.237 e. The monoisotopic (exact) mass is 295 g/mol. The van der Waals surface area contributed by atoms with E-state index in [-0.39, 0.29) is 5.91 Å². The van der Waals surface area contributed by atoms with Gasteiger partial charge in [0, 0.05) is 18.1 Å². The van der Waals surface area contributed by atoms with Crippen molar-refractivity contribution in [2.75, 3.05) is 6.54 Å². The number of likely N-dealkylation sites (tertiary alicyclic amines) is 1. The lowest BCUT2D eigenvalue weighted by Gasteiger charge is -2.43. The molecule has 4 nitrogen and oxygen atoms in total. The lowest BCUT2D eigenvalue weighted by Crippen LogP contribution is -2.58. The van der Waals surface area contributed by atoms with Gasteiger partial charge in [-0.1, -0.05) is 19.8 Å². The van der Waals surface area contributed by atoms with E-state index in [0.717, 1.165) is 6.42 Å². The lowest BCUT2D eigenvalue weighted by atomic mass is 9.88. The number of rotatable bonds is 8. The molecule has 3 N–H and O–H groups in total. The molecule has 1 amide bonds. The predicted molar refractivity (Wildman–Crippen MR) is 87.1 cm³/mol. The highest BCUT2D eigenvalue weighted by Gasteiger charge is 2.40. The Morgan fingerprint density at radius 2 is 2.10 bits per heavy atom. The van der Waals surface area contributed by atoms with E-state index in [1.807, 2.05) is 6.92 Å². The zero-order valence-electron chi connectivity index (χ0n) is 14.0. The maximum atomic E-state index is 12.0. The van der Waals surface area contributed by atoms with Crippen molar-refractivity contribution in [1.82, 2.24) is 10.2 Å². The largest absolute Gasteiger partial charge is 0.368 e. The summed E-state index contributed by atoms with van der Waals surface area (Å²) in [5, 5.41) is 3.48. The summed E-state index contributed by atoms with van der Waals surface area (Å²) in [6, 6.07) is 1.60. The fourth-order valence-corrected chi connectivity index (χ4v) is 3.86. The number of carbonyl (C=O) groups is 1. The van der Waals surface area contributed by atoms with E-state index in [1.54, 1.807) is 0 Å². The number of piperidine rings is 1. The van der Waals surface area contributed by atoms with Crippen LogP contribution in [0.15, 0.2) is 0 Å². The third-order valence-corrected chi connectivity index (χ3v) is 5.21. The van der Waals surface area contributed by atoms with Crippen LogP contribution in [-0.4, -0.2) is 41.0 Å². The molecule has 0 aromatic heterocycles. The average molecular weight is 295 g/mol. The molecule has 1 heterocycles. The number of carbonyl (C=O) groups excluding carboxylic acids is 1. The normalized spacial score (nSPS) is 28.0. The first-order chi connectivity index (χ1) is 9.96. The highest BCUT2D eigenvalue weighted by Crippen LogP contribution is 2.29. The fourth-order valence-electron chi connectivity index (χ4n) is 3.86. The number of nitrogens with two attached hydrogens (primary N) is 1. The second-order valence-corrected chi connectivity index (χ2v) is 7.34. The summed E-state index contributed by atoms with van der Waals surface area (Å²) in [6.45, 7) is 7.69. The summed E-state index contributed by atoms with van der Waals surface area (Å²) in [5.41, 5.74) is 5.14. The minimum absolute atomic E-state index is 0.203. The van der Waals surface area contributed by atoms with Gasteiger partial charge in [0.15, 0.2) is 0 Å². The minimum atomic E-state index is -0.561. The van der Waals surface area contributed by atoms with Crippen molar-refractivity contribution in [2.45, 2.75) is 95.8 Å². The molecule has 1 saturated carbocycles. The molecule has 0 aromatic rings. The first-order valence-electron chi connectivity index (χ1n) is 8.79. The van der Waals surface area contributed by atoms with E-state index in [0.29, 0.717) is 18.1 Å². The Morgan fingerprint density at radius 3 is 2.67 bits per heavy atom. The highest BCUT2D eigenvalue weighted by atomic mass is 16.1. The molecule has 0 bridgehead atoms. The Hall–Kier alpha value is -0.610. The molecule has 0 spiro atoms. The van der Waals surface area contributed by atoms with Crippen LogP contribution in [0.3, 0.4) is 0 Å². The zero-order chi connectivity index (χ0) is 15.5. The zero-order valence-corrected chi connectivity index (χ0v) is 14.0. The van der Waals surface area contributed by atoms with Crippen LogP contribution in [0.2, 0.25) is 0 Å². The van der Waals surface area contributed by atoms with Crippen LogP contribution < -0.4 is 11.1 Å². The summed E-state index contributed by atoms with van der Waals surface area (Å²) in [5.74, 6) is -0.203. The van der Waals surface area contributed by atoms with Crippen LogP contribution >= 0.6 is 0 Å². The molecular formula is C17H33N3O. The maximum absolute atomic E-state index is 12.0. The van der Waals surface area contributed by atoms with Gasteiger partial charge in [-0.05, 0) is 58.9 Å². The summed E-state index contributed by atoms with van der Waals surface area (Å²) < 4.78 is 0. The van der Waals surface area contributed by atoms with E-state index < -0.39 is 5.54 Å². The first kappa shape index (κ1) is 16.8. The van der Waals surface area contributed by atoms with Crippen molar-refractivity contribution >= 4 is 5.91 Å². The van der Waals surface area contributed by atoms with Gasteiger partial charge in [0.1, 0.15) is 0 Å². The molecule has 3 unspecified atom stereocenters. The number of hydrogen-bond donors (Lipinski definition) is 2. The van der Waals surface area contributed by atoms with E-state index in [2.05, 4.69) is 24.1 Å². The summed E-state index contributed by atoms with van der Waals surface area (Å²) >= 11 is 0. The molecule has 1 aliphatic heterocycles. The van der Waals surface area contributed by atoms with E-state index >= 15 is 0 Å². The fraction of sp³-hybridized carbons (Fsp3) is 0.941. The quantitative estimate of drug-likeness (QED) is 0.723. The van der Waals surface area contributed by atoms with Crippen molar-refractivity contribution < 1.29 is 4.79 Å². The number of nitrogens with zero attached hydrogens (tertiary/aromatic N) is 1. The maximum Gasteiger partial charge on any atom is 0.237 e. The van der Waals surface area contributed by atoms with Gasteiger partial charge < -0.3 is 11.1 Å². The lowest BCUT2D eigenvalue weighted by molar-refractivity contribution is -0.125. The molecule has 4 heteroatoms. The Bertz CT molecular complexity index is 354. The minimum Gasteiger partial charge on any atom is -0.368 e. The van der Waals surface area contributed by atoms with Crippen molar-refractivity contribution in [3.05, 3.63) is 0 Å². The van der Waals surface area contributed by atoms with Crippen molar-refractivity contribution in [3.63, 3.8) is 0 Å². The van der Waals surface area contributed by atoms with Crippen LogP contribution in [0.5, 0.6) is 0 Å². The average Bonchev–Trinajstić information content (AvgIpc) is 3.23. The van der Waals surface area contributed by atoms with Crippen LogP contribution in [0.4, 0.5) is 0 Å². The van der Waals surface area contributed by atoms with Gasteiger partial charge in [0.25, 0.3) is 0 Å². The number of amides is 1. The van der Waals surface area contributed by atoms with Crippen molar-refractivity contribution in [2.24, 2.45) is 5.73 Å². The number of primary amides is 1. The van der Waals surface area contributed by atoms with Gasteiger partial charge >= 0.3 is 0 Å². The van der Waals surface area contributed by atoms with Crippen LogP contribution in [0.25, 0.3) is 0 Å². The van der Waals surface area contributed by atoms with E-state index in [9.17, 15) is 4.79 Å². The molecule has 2 fully saturated rings. The van der Waals surface area contributed by atoms with Gasteiger partial charge in [-0.25, -0.2) is 0 Å². The number of nitrogens with one attached hydrogen (secondary N) is 1. The Morgan fingerprint density at radius 1 is 1.38 bits per heavy atom. The first-order valence-corrected chi connectivity index (χ1v) is 8.79. The van der Waals surface area contributed by atoms with Crippen LogP contribution in [-0.2, 0) is 4.79 Å². The highest BCUT2D eigenvalue weighted by molar-refractivity contribution is 5.84. The molecule has 0 radical (unpaired) electrons. The Labute approximate surface area is 129 Å². The molecule has 1 aliphatic carbocycles. The van der Waals surface area contributed by atoms with Gasteiger partial charge in [-0.2, -0.15) is 0 Å². The number of hydrogen-bond acceptors (Lipinski definition) is 3. The van der Waals surface area contributed by atoms with E-state index in [1.165, 1.54) is 51.5 Å². The van der Waals surface area contributed by atoms with Crippen molar-refractivity contribution in [1.29, 1.82) is 0 Å². The molecule has 2 rings (SSSR count). The second kappa shape index (κ2) is 7.10. The van der Waals surface area contributed by atoms with E-state index in [4.69, 9.17) is 5.73 Å². The molecule has 0 aromatic carbocycles. The molecule has 2 aliphatic rings. The third kappa shape index (κ3) is 4.43. The van der Waals surface area contributed by atoms with Crippen LogP contribution in [0, 0.1) is 0 Å². The van der Waals surface area contributed by atoms with Crippen molar-refractivity contribution in [3.8, 4) is 0 Å². The Balaban J connectivity index is 1.98. The standard InChI is InChI=1S/C17H33N3O/c1-4-7-15-8-5-6-11-20(15)13(2)12-17(3,16(18)21)19-14-9-10-14/h13-15,19H,4-12H2,1-3H3,(H2,18,21). The third-order valence-electron chi connectivity index (χ3n) is 5.21. The van der Waals surface area contributed by atoms with Gasteiger partial charge in [-0.15, -0.1) is 0 Å². The topological polar surface area (TPSA) is 58.4 Å².